The molecule has 0 radical (unpaired) electrons. The van der Waals surface area contributed by atoms with Gasteiger partial charge in [-0.15, -0.1) is 0 Å². The molecule has 2 aromatic rings. The summed E-state index contributed by atoms with van der Waals surface area (Å²) in [7, 11) is 0. The minimum Gasteiger partial charge on any atom is -0.481 e. The van der Waals surface area contributed by atoms with Gasteiger partial charge in [-0.05, 0) is 31.0 Å². The summed E-state index contributed by atoms with van der Waals surface area (Å²) in [6, 6.07) is 7.95. The summed E-state index contributed by atoms with van der Waals surface area (Å²) < 4.78 is 0. The Balaban J connectivity index is 1.74. The molecule has 1 amide bonds. The molecule has 1 aromatic heterocycles. The average Bonchev–Trinajstić information content (AvgIpc) is 3.25. The number of aromatic nitrogens is 1. The third-order valence-electron chi connectivity index (χ3n) is 4.30. The number of carboxylic acid groups (broad SMARTS) is 1. The van der Waals surface area contributed by atoms with Gasteiger partial charge in [0, 0.05) is 41.7 Å². The predicted octanol–water partition coefficient (Wildman–Crippen LogP) is 2.33. The van der Waals surface area contributed by atoms with Gasteiger partial charge >= 0.3 is 5.97 Å². The van der Waals surface area contributed by atoms with Gasteiger partial charge in [0.05, 0.1) is 6.42 Å². The van der Waals surface area contributed by atoms with Gasteiger partial charge in [0.15, 0.2) is 5.78 Å². The number of carbonyl (C=O) groups is 3. The van der Waals surface area contributed by atoms with Crippen LogP contribution in [0.4, 0.5) is 0 Å². The van der Waals surface area contributed by atoms with Crippen LogP contribution in [0.15, 0.2) is 42.7 Å². The lowest BCUT2D eigenvalue weighted by molar-refractivity contribution is -0.137. The molecule has 6 nitrogen and oxygen atoms in total. The quantitative estimate of drug-likeness (QED) is 0.825. The standard InChI is InChI=1S/C18H18N2O4/c21-16(22)10-15-2-1-9-20(15)18(24)13-5-3-12(4-6-13)17(23)14-7-8-19-11-14/h3-8,11,15,19H,1-2,9-10H2,(H,21,22). The number of hydrogen-bond acceptors (Lipinski definition) is 3. The summed E-state index contributed by atoms with van der Waals surface area (Å²) >= 11 is 0. The minimum absolute atomic E-state index is 0.0319. The van der Waals surface area contributed by atoms with Gasteiger partial charge in [-0.25, -0.2) is 0 Å². The molecule has 1 aliphatic heterocycles. The second kappa shape index (κ2) is 6.70. The lowest BCUT2D eigenvalue weighted by atomic mass is 10.0. The molecule has 0 spiro atoms. The molecule has 24 heavy (non-hydrogen) atoms. The first-order valence-electron chi connectivity index (χ1n) is 7.86. The van der Waals surface area contributed by atoms with Gasteiger partial charge in [0.25, 0.3) is 5.91 Å². The maximum Gasteiger partial charge on any atom is 0.305 e. The van der Waals surface area contributed by atoms with Crippen molar-refractivity contribution in [3.05, 3.63) is 59.4 Å². The number of hydrogen-bond donors (Lipinski definition) is 2. The largest absolute Gasteiger partial charge is 0.481 e. The zero-order valence-electron chi connectivity index (χ0n) is 13.1. The van der Waals surface area contributed by atoms with Crippen molar-refractivity contribution in [1.82, 2.24) is 9.88 Å². The molecule has 1 unspecified atom stereocenters. The molecule has 0 bridgehead atoms. The summed E-state index contributed by atoms with van der Waals surface area (Å²) in [5.41, 5.74) is 1.54. The van der Waals surface area contributed by atoms with Crippen LogP contribution in [0.2, 0.25) is 0 Å². The second-order valence-electron chi connectivity index (χ2n) is 5.90. The van der Waals surface area contributed by atoms with Gasteiger partial charge in [0.2, 0.25) is 0 Å². The fourth-order valence-electron chi connectivity index (χ4n) is 3.08. The Morgan fingerprint density at radius 1 is 1.08 bits per heavy atom. The Kier molecular flexibility index (Phi) is 4.46. The Morgan fingerprint density at radius 3 is 2.42 bits per heavy atom. The summed E-state index contributed by atoms with van der Waals surface area (Å²) in [6.45, 7) is 0.570. The number of nitrogens with zero attached hydrogens (tertiary/aromatic N) is 1. The van der Waals surface area contributed by atoms with Crippen LogP contribution < -0.4 is 0 Å². The highest BCUT2D eigenvalue weighted by Crippen LogP contribution is 2.23. The van der Waals surface area contributed by atoms with E-state index in [1.54, 1.807) is 47.6 Å². The Labute approximate surface area is 139 Å². The molecule has 1 saturated heterocycles. The van der Waals surface area contributed by atoms with Crippen LogP contribution in [0.3, 0.4) is 0 Å². The van der Waals surface area contributed by atoms with Crippen molar-refractivity contribution in [2.75, 3.05) is 6.54 Å². The highest BCUT2D eigenvalue weighted by Gasteiger charge is 2.30. The second-order valence-corrected chi connectivity index (χ2v) is 5.90. The number of likely N-dealkylation sites (tertiary alicyclic amines) is 1. The fraction of sp³-hybridized carbons (Fsp3) is 0.278. The number of ketones is 1. The Hall–Kier alpha value is -2.89. The van der Waals surface area contributed by atoms with E-state index in [1.807, 2.05) is 0 Å². The summed E-state index contributed by atoms with van der Waals surface area (Å²) in [5, 5.41) is 8.95. The van der Waals surface area contributed by atoms with Crippen LogP contribution in [0.5, 0.6) is 0 Å². The van der Waals surface area contributed by atoms with Crippen molar-refractivity contribution in [3.63, 3.8) is 0 Å². The molecule has 0 aliphatic carbocycles. The molecule has 1 aliphatic rings. The number of aromatic amines is 1. The number of nitrogens with one attached hydrogen (secondary N) is 1. The van der Waals surface area contributed by atoms with Gasteiger partial charge in [-0.1, -0.05) is 12.1 Å². The Bertz CT molecular complexity index is 750. The van der Waals surface area contributed by atoms with Crippen LogP contribution in [0.1, 0.15) is 45.5 Å². The third kappa shape index (κ3) is 3.22. The molecular weight excluding hydrogens is 308 g/mol. The van der Waals surface area contributed by atoms with Crippen LogP contribution in [-0.4, -0.2) is 45.2 Å². The molecule has 2 heterocycles. The van der Waals surface area contributed by atoms with E-state index in [2.05, 4.69) is 4.98 Å². The summed E-state index contributed by atoms with van der Waals surface area (Å²) in [6.07, 6.45) is 4.80. The van der Waals surface area contributed by atoms with Crippen LogP contribution in [0.25, 0.3) is 0 Å². The van der Waals surface area contributed by atoms with E-state index in [4.69, 9.17) is 5.11 Å². The van der Waals surface area contributed by atoms with E-state index in [9.17, 15) is 14.4 Å². The monoisotopic (exact) mass is 326 g/mol. The molecule has 1 aromatic carbocycles. The molecule has 2 N–H and O–H groups in total. The van der Waals surface area contributed by atoms with Crippen molar-refractivity contribution in [2.24, 2.45) is 0 Å². The zero-order chi connectivity index (χ0) is 17.1. The number of aliphatic carboxylic acids is 1. The minimum atomic E-state index is -0.896. The molecule has 1 fully saturated rings. The highest BCUT2D eigenvalue weighted by molar-refractivity contribution is 6.09. The molecule has 124 valence electrons. The number of rotatable bonds is 5. The van der Waals surface area contributed by atoms with Crippen LogP contribution in [-0.2, 0) is 4.79 Å². The maximum atomic E-state index is 12.6. The van der Waals surface area contributed by atoms with Crippen molar-refractivity contribution in [2.45, 2.75) is 25.3 Å². The molecule has 1 atom stereocenters. The van der Waals surface area contributed by atoms with Gasteiger partial charge < -0.3 is 15.0 Å². The van der Waals surface area contributed by atoms with Gasteiger partial charge in [0.1, 0.15) is 0 Å². The number of carbonyl (C=O) groups excluding carboxylic acids is 2. The van der Waals surface area contributed by atoms with E-state index in [1.165, 1.54) is 0 Å². The first kappa shape index (κ1) is 16.0. The first-order chi connectivity index (χ1) is 11.6. The van der Waals surface area contributed by atoms with E-state index < -0.39 is 5.97 Å². The number of benzene rings is 1. The smallest absolute Gasteiger partial charge is 0.305 e. The average molecular weight is 326 g/mol. The molecule has 3 rings (SSSR count). The van der Waals surface area contributed by atoms with Crippen molar-refractivity contribution in [3.8, 4) is 0 Å². The maximum absolute atomic E-state index is 12.6. The topological polar surface area (TPSA) is 90.5 Å². The predicted molar refractivity (Wildman–Crippen MR) is 87.0 cm³/mol. The third-order valence-corrected chi connectivity index (χ3v) is 4.30. The van der Waals surface area contributed by atoms with Crippen molar-refractivity contribution in [1.29, 1.82) is 0 Å². The molecule has 6 heteroatoms. The van der Waals surface area contributed by atoms with Crippen molar-refractivity contribution < 1.29 is 19.5 Å². The number of carboxylic acids is 1. The number of H-pyrrole nitrogens is 1. The lowest BCUT2D eigenvalue weighted by Gasteiger charge is -2.23. The zero-order valence-corrected chi connectivity index (χ0v) is 13.1. The lowest BCUT2D eigenvalue weighted by Crippen LogP contribution is -2.36. The molecule has 0 saturated carbocycles. The summed E-state index contributed by atoms with van der Waals surface area (Å²) in [5.74, 6) is -1.19. The van der Waals surface area contributed by atoms with Crippen LogP contribution in [0, 0.1) is 0 Å². The highest BCUT2D eigenvalue weighted by atomic mass is 16.4. The van der Waals surface area contributed by atoms with E-state index in [0.717, 1.165) is 6.42 Å². The fourth-order valence-corrected chi connectivity index (χ4v) is 3.08. The SMILES string of the molecule is O=C(O)CC1CCCN1C(=O)c1ccc(C(=O)c2cc[nH]c2)cc1. The Morgan fingerprint density at radius 2 is 1.79 bits per heavy atom. The van der Waals surface area contributed by atoms with E-state index >= 15 is 0 Å². The van der Waals surface area contributed by atoms with E-state index in [-0.39, 0.29) is 24.2 Å². The van der Waals surface area contributed by atoms with Crippen molar-refractivity contribution >= 4 is 17.7 Å². The first-order valence-corrected chi connectivity index (χ1v) is 7.86. The van der Waals surface area contributed by atoms with E-state index in [0.29, 0.717) is 29.7 Å². The molecular formula is C18H18N2O4. The summed E-state index contributed by atoms with van der Waals surface area (Å²) in [4.78, 5) is 40.2. The van der Waals surface area contributed by atoms with Gasteiger partial charge in [-0.2, -0.15) is 0 Å². The number of amides is 1. The van der Waals surface area contributed by atoms with Gasteiger partial charge in [-0.3, -0.25) is 14.4 Å². The normalized spacial score (nSPS) is 17.0. The van der Waals surface area contributed by atoms with Crippen LogP contribution >= 0.6 is 0 Å².